The van der Waals surface area contributed by atoms with E-state index in [4.69, 9.17) is 5.11 Å². The molecule has 1 N–H and O–H groups in total. The molecule has 0 aliphatic heterocycles. The van der Waals surface area contributed by atoms with E-state index in [2.05, 4.69) is 4.74 Å². The fourth-order valence-corrected chi connectivity index (χ4v) is 1.56. The zero-order valence-corrected chi connectivity index (χ0v) is 9.04. The molecule has 0 aliphatic rings. The van der Waals surface area contributed by atoms with Gasteiger partial charge in [-0.15, -0.1) is 13.2 Å². The molecule has 0 unspecified atom stereocenters. The summed E-state index contributed by atoms with van der Waals surface area (Å²) in [6.07, 6.45) is -4.82. The molecule has 0 aromatic heterocycles. The first-order valence-corrected chi connectivity index (χ1v) is 4.91. The molecule has 0 saturated heterocycles. The van der Waals surface area contributed by atoms with Crippen LogP contribution < -0.4 is 4.74 Å². The van der Waals surface area contributed by atoms with Crippen molar-refractivity contribution < 1.29 is 27.8 Å². The van der Waals surface area contributed by atoms with Gasteiger partial charge in [0, 0.05) is 0 Å². The highest BCUT2D eigenvalue weighted by Crippen LogP contribution is 2.29. The summed E-state index contributed by atoms with van der Waals surface area (Å²) in [5, 5.41) is 8.65. The van der Waals surface area contributed by atoms with Gasteiger partial charge in [-0.3, -0.25) is 4.79 Å². The summed E-state index contributed by atoms with van der Waals surface area (Å²) >= 11 is 0. The Hall–Kier alpha value is -1.72. The second-order valence-electron chi connectivity index (χ2n) is 3.37. The molecule has 0 radical (unpaired) electrons. The SMILES string of the molecule is CCc1c(CC(=O)O)cccc1OC(F)(F)F. The molecule has 0 aliphatic carbocycles. The highest BCUT2D eigenvalue weighted by atomic mass is 19.4. The predicted octanol–water partition coefficient (Wildman–Crippen LogP) is 2.77. The zero-order valence-electron chi connectivity index (χ0n) is 9.04. The summed E-state index contributed by atoms with van der Waals surface area (Å²) < 4.78 is 40.2. The lowest BCUT2D eigenvalue weighted by Gasteiger charge is -2.14. The van der Waals surface area contributed by atoms with Crippen molar-refractivity contribution >= 4 is 5.97 Å². The van der Waals surface area contributed by atoms with Gasteiger partial charge in [-0.25, -0.2) is 0 Å². The lowest BCUT2D eigenvalue weighted by atomic mass is 10.0. The van der Waals surface area contributed by atoms with Gasteiger partial charge in [-0.05, 0) is 23.6 Å². The second kappa shape index (κ2) is 5.07. The van der Waals surface area contributed by atoms with Crippen LogP contribution in [0, 0.1) is 0 Å². The molecule has 6 heteroatoms. The van der Waals surface area contributed by atoms with Crippen molar-refractivity contribution in [1.82, 2.24) is 0 Å². The number of hydrogen-bond donors (Lipinski definition) is 1. The van der Waals surface area contributed by atoms with Crippen LogP contribution in [0.2, 0.25) is 0 Å². The van der Waals surface area contributed by atoms with Crippen molar-refractivity contribution in [2.75, 3.05) is 0 Å². The van der Waals surface area contributed by atoms with Crippen LogP contribution in [-0.2, 0) is 17.6 Å². The van der Waals surface area contributed by atoms with Crippen LogP contribution in [0.5, 0.6) is 5.75 Å². The van der Waals surface area contributed by atoms with Crippen LogP contribution in [0.4, 0.5) is 13.2 Å². The quantitative estimate of drug-likeness (QED) is 0.891. The van der Waals surface area contributed by atoms with Crippen molar-refractivity contribution in [2.45, 2.75) is 26.1 Å². The number of halogens is 3. The van der Waals surface area contributed by atoms with Gasteiger partial charge < -0.3 is 9.84 Å². The summed E-state index contributed by atoms with van der Waals surface area (Å²) in [6.45, 7) is 1.64. The molecule has 0 heterocycles. The Morgan fingerprint density at radius 3 is 2.53 bits per heavy atom. The Kier molecular flexibility index (Phi) is 3.98. The minimum atomic E-state index is -4.77. The monoisotopic (exact) mass is 248 g/mol. The van der Waals surface area contributed by atoms with E-state index in [0.29, 0.717) is 5.56 Å². The van der Waals surface area contributed by atoms with Gasteiger partial charge in [0.05, 0.1) is 6.42 Å². The standard InChI is InChI=1S/C11H11F3O3/c1-2-8-7(6-10(15)16)4-3-5-9(8)17-11(12,13)14/h3-5H,2,6H2,1H3,(H,15,16). The molecular formula is C11H11F3O3. The molecule has 1 aromatic rings. The van der Waals surface area contributed by atoms with Gasteiger partial charge >= 0.3 is 12.3 Å². The van der Waals surface area contributed by atoms with Crippen LogP contribution in [0.1, 0.15) is 18.1 Å². The first kappa shape index (κ1) is 13.3. The number of benzene rings is 1. The topological polar surface area (TPSA) is 46.5 Å². The van der Waals surface area contributed by atoms with Crippen LogP contribution in [0.15, 0.2) is 18.2 Å². The van der Waals surface area contributed by atoms with Gasteiger partial charge in [0.15, 0.2) is 0 Å². The average molecular weight is 248 g/mol. The summed E-state index contributed by atoms with van der Waals surface area (Å²) in [4.78, 5) is 10.6. The lowest BCUT2D eigenvalue weighted by molar-refractivity contribution is -0.274. The third-order valence-corrected chi connectivity index (χ3v) is 2.15. The number of ether oxygens (including phenoxy) is 1. The molecule has 0 spiro atoms. The molecule has 3 nitrogen and oxygen atoms in total. The Morgan fingerprint density at radius 2 is 2.06 bits per heavy atom. The minimum absolute atomic E-state index is 0.271. The largest absolute Gasteiger partial charge is 0.573 e. The molecule has 0 amide bonds. The van der Waals surface area contributed by atoms with E-state index in [1.54, 1.807) is 6.92 Å². The molecule has 17 heavy (non-hydrogen) atoms. The summed E-state index contributed by atoms with van der Waals surface area (Å²) in [7, 11) is 0. The van der Waals surface area contributed by atoms with Crippen LogP contribution in [-0.4, -0.2) is 17.4 Å². The second-order valence-corrected chi connectivity index (χ2v) is 3.37. The van der Waals surface area contributed by atoms with E-state index >= 15 is 0 Å². The number of carboxylic acid groups (broad SMARTS) is 1. The molecule has 0 saturated carbocycles. The number of rotatable bonds is 4. The fourth-order valence-electron chi connectivity index (χ4n) is 1.56. The van der Waals surface area contributed by atoms with Crippen molar-refractivity contribution in [3.05, 3.63) is 29.3 Å². The predicted molar refractivity (Wildman–Crippen MR) is 53.8 cm³/mol. The van der Waals surface area contributed by atoms with Gasteiger partial charge in [-0.1, -0.05) is 19.1 Å². The third kappa shape index (κ3) is 3.97. The van der Waals surface area contributed by atoms with Gasteiger partial charge in [0.2, 0.25) is 0 Å². The molecule has 94 valence electrons. The Morgan fingerprint density at radius 1 is 1.41 bits per heavy atom. The highest BCUT2D eigenvalue weighted by molar-refractivity contribution is 5.71. The fraction of sp³-hybridized carbons (Fsp3) is 0.364. The van der Waals surface area contributed by atoms with Crippen LogP contribution >= 0.6 is 0 Å². The third-order valence-electron chi connectivity index (χ3n) is 2.15. The van der Waals surface area contributed by atoms with Crippen molar-refractivity contribution in [1.29, 1.82) is 0 Å². The molecular weight excluding hydrogens is 237 g/mol. The van der Waals surface area contributed by atoms with Crippen LogP contribution in [0.25, 0.3) is 0 Å². The summed E-state index contributed by atoms with van der Waals surface area (Å²) in [5.74, 6) is -1.43. The van der Waals surface area contributed by atoms with E-state index < -0.39 is 12.3 Å². The Balaban J connectivity index is 3.09. The maximum atomic E-state index is 12.1. The number of alkyl halides is 3. The van der Waals surface area contributed by atoms with E-state index in [9.17, 15) is 18.0 Å². The molecule has 1 aromatic carbocycles. The van der Waals surface area contributed by atoms with Crippen molar-refractivity contribution in [2.24, 2.45) is 0 Å². The van der Waals surface area contributed by atoms with Gasteiger partial charge in [0.1, 0.15) is 5.75 Å². The number of carboxylic acids is 1. The zero-order chi connectivity index (χ0) is 13.1. The van der Waals surface area contributed by atoms with Gasteiger partial charge in [-0.2, -0.15) is 0 Å². The summed E-state index contributed by atoms with van der Waals surface area (Å²) in [5.41, 5.74) is 0.606. The smallest absolute Gasteiger partial charge is 0.481 e. The molecule has 0 bridgehead atoms. The van der Waals surface area contributed by atoms with Crippen LogP contribution in [0.3, 0.4) is 0 Å². The lowest BCUT2D eigenvalue weighted by Crippen LogP contribution is -2.18. The normalized spacial score (nSPS) is 11.3. The van der Waals surface area contributed by atoms with Crippen molar-refractivity contribution in [3.8, 4) is 5.75 Å². The van der Waals surface area contributed by atoms with Crippen molar-refractivity contribution in [3.63, 3.8) is 0 Å². The average Bonchev–Trinajstić information content (AvgIpc) is 2.14. The summed E-state index contributed by atoms with van der Waals surface area (Å²) in [6, 6.07) is 4.01. The van der Waals surface area contributed by atoms with E-state index in [-0.39, 0.29) is 24.2 Å². The van der Waals surface area contributed by atoms with E-state index in [1.807, 2.05) is 0 Å². The van der Waals surface area contributed by atoms with E-state index in [0.717, 1.165) is 0 Å². The first-order chi connectivity index (χ1) is 7.83. The number of aliphatic carboxylic acids is 1. The maximum absolute atomic E-state index is 12.1. The molecule has 0 atom stereocenters. The minimum Gasteiger partial charge on any atom is -0.481 e. The molecule has 0 fully saturated rings. The number of hydrogen-bond acceptors (Lipinski definition) is 2. The Labute approximate surface area is 95.8 Å². The molecule has 1 rings (SSSR count). The first-order valence-electron chi connectivity index (χ1n) is 4.91. The Bertz CT molecular complexity index is 413. The number of carbonyl (C=O) groups is 1. The van der Waals surface area contributed by atoms with E-state index in [1.165, 1.54) is 18.2 Å². The maximum Gasteiger partial charge on any atom is 0.573 e. The van der Waals surface area contributed by atoms with Gasteiger partial charge in [0.25, 0.3) is 0 Å². The highest BCUT2D eigenvalue weighted by Gasteiger charge is 2.32.